The van der Waals surface area contributed by atoms with Crippen LogP contribution in [0.25, 0.3) is 0 Å². The Balaban J connectivity index is 1.73. The number of aromatic nitrogens is 1. The molecule has 1 aliphatic carbocycles. The minimum absolute atomic E-state index is 0.0610. The number of nitrogens with one attached hydrogen (secondary N) is 3. The molecule has 172 valence electrons. The Bertz CT molecular complexity index is 1030. The van der Waals surface area contributed by atoms with Crippen molar-refractivity contribution in [3.63, 3.8) is 0 Å². The molecule has 0 radical (unpaired) electrons. The molecule has 0 spiro atoms. The molecule has 3 N–H and O–H groups in total. The highest BCUT2D eigenvalue weighted by Crippen LogP contribution is 2.36. The van der Waals surface area contributed by atoms with E-state index in [9.17, 15) is 14.4 Å². The lowest BCUT2D eigenvalue weighted by Gasteiger charge is -2.28. The number of unbranched alkanes of at least 4 members (excludes halogenated alkanes) is 1. The number of hydrogen-bond acceptors (Lipinski definition) is 3. The van der Waals surface area contributed by atoms with Crippen LogP contribution in [-0.4, -0.2) is 28.6 Å². The van der Waals surface area contributed by atoms with Gasteiger partial charge in [0.05, 0.1) is 0 Å². The topological polar surface area (TPSA) is 91.1 Å². The molecule has 0 aliphatic heterocycles. The predicted octanol–water partition coefficient (Wildman–Crippen LogP) is 4.74. The molecule has 1 heterocycles. The number of hydrogen-bond donors (Lipinski definition) is 3. The first kappa shape index (κ1) is 24.1. The first-order valence-electron chi connectivity index (χ1n) is 11.2. The summed E-state index contributed by atoms with van der Waals surface area (Å²) in [6.45, 7) is 8.26. The van der Waals surface area contributed by atoms with Gasteiger partial charge in [0.2, 0.25) is 5.91 Å². The maximum atomic E-state index is 13.1. The number of halogens is 1. The van der Waals surface area contributed by atoms with Crippen molar-refractivity contribution in [1.82, 2.24) is 15.6 Å². The molecule has 0 saturated heterocycles. The van der Waals surface area contributed by atoms with E-state index in [4.69, 9.17) is 11.6 Å². The van der Waals surface area contributed by atoms with Gasteiger partial charge in [-0.15, -0.1) is 0 Å². The molecule has 6 nitrogen and oxygen atoms in total. The molecule has 0 fully saturated rings. The summed E-state index contributed by atoms with van der Waals surface area (Å²) in [5.41, 5.74) is 3.21. The first-order valence-corrected chi connectivity index (χ1v) is 11.6. The summed E-state index contributed by atoms with van der Waals surface area (Å²) in [4.78, 5) is 41.8. The highest BCUT2D eigenvalue weighted by Gasteiger charge is 2.35. The molecule has 1 aliphatic rings. The van der Waals surface area contributed by atoms with Gasteiger partial charge in [0, 0.05) is 29.2 Å². The second-order valence-corrected chi connectivity index (χ2v) is 9.87. The van der Waals surface area contributed by atoms with Crippen LogP contribution in [0.15, 0.2) is 24.3 Å². The van der Waals surface area contributed by atoms with Gasteiger partial charge in [-0.3, -0.25) is 14.4 Å². The zero-order chi connectivity index (χ0) is 23.5. The largest absolute Gasteiger partial charge is 0.354 e. The Morgan fingerprint density at radius 2 is 2.00 bits per heavy atom. The molecule has 3 rings (SSSR count). The highest BCUT2D eigenvalue weighted by atomic mass is 35.5. The van der Waals surface area contributed by atoms with Crippen molar-refractivity contribution in [2.75, 3.05) is 0 Å². The van der Waals surface area contributed by atoms with Crippen molar-refractivity contribution in [3.8, 4) is 0 Å². The van der Waals surface area contributed by atoms with Gasteiger partial charge in [0.15, 0.2) is 5.78 Å². The third-order valence-corrected chi connectivity index (χ3v) is 6.19. The van der Waals surface area contributed by atoms with E-state index in [0.29, 0.717) is 47.7 Å². The molecule has 7 heteroatoms. The number of aromatic amines is 1. The van der Waals surface area contributed by atoms with Crippen molar-refractivity contribution >= 4 is 29.2 Å². The van der Waals surface area contributed by atoms with E-state index in [-0.39, 0.29) is 23.0 Å². The van der Waals surface area contributed by atoms with Gasteiger partial charge in [0.25, 0.3) is 5.91 Å². The molecule has 1 aromatic heterocycles. The number of ketones is 1. The molecule has 2 amide bonds. The summed E-state index contributed by atoms with van der Waals surface area (Å²) in [5, 5.41) is 6.39. The Morgan fingerprint density at radius 1 is 1.25 bits per heavy atom. The molecule has 0 bridgehead atoms. The standard InChI is InChI=1S/C25H32ClN3O3/c1-5-6-10-18(23(31)27-14-16-8-7-9-17(26)11-16)29-24(32)22-15(2)21-19(28-22)12-25(3,4)13-20(21)30/h7-9,11,18,28H,5-6,10,12-14H2,1-4H3,(H,27,31)(H,29,32). The van der Waals surface area contributed by atoms with Crippen molar-refractivity contribution in [3.05, 3.63) is 57.4 Å². The van der Waals surface area contributed by atoms with Crippen LogP contribution in [0.2, 0.25) is 5.02 Å². The smallest absolute Gasteiger partial charge is 0.268 e. The third kappa shape index (κ3) is 5.60. The van der Waals surface area contributed by atoms with E-state index in [2.05, 4.69) is 29.5 Å². The Kier molecular flexibility index (Phi) is 7.44. The fourth-order valence-electron chi connectivity index (χ4n) is 4.33. The van der Waals surface area contributed by atoms with Crippen LogP contribution in [0.5, 0.6) is 0 Å². The van der Waals surface area contributed by atoms with Crippen molar-refractivity contribution in [1.29, 1.82) is 0 Å². The average Bonchev–Trinajstić information content (AvgIpc) is 3.04. The number of carbonyl (C=O) groups excluding carboxylic acids is 3. The average molecular weight is 458 g/mol. The highest BCUT2D eigenvalue weighted by molar-refractivity contribution is 6.30. The summed E-state index contributed by atoms with van der Waals surface area (Å²) >= 11 is 6.02. The van der Waals surface area contributed by atoms with Gasteiger partial charge in [-0.05, 0) is 48.4 Å². The molecule has 1 unspecified atom stereocenters. The van der Waals surface area contributed by atoms with Gasteiger partial charge >= 0.3 is 0 Å². The van der Waals surface area contributed by atoms with E-state index in [1.165, 1.54) is 0 Å². The van der Waals surface area contributed by atoms with E-state index in [1.54, 1.807) is 19.1 Å². The van der Waals surface area contributed by atoms with Gasteiger partial charge < -0.3 is 15.6 Å². The lowest BCUT2D eigenvalue weighted by atomic mass is 9.75. The zero-order valence-electron chi connectivity index (χ0n) is 19.2. The number of amides is 2. The number of carbonyl (C=O) groups is 3. The molecule has 1 atom stereocenters. The Hall–Kier alpha value is -2.60. The zero-order valence-corrected chi connectivity index (χ0v) is 20.0. The molecule has 0 saturated carbocycles. The molecule has 32 heavy (non-hydrogen) atoms. The summed E-state index contributed by atoms with van der Waals surface area (Å²) < 4.78 is 0. The van der Waals surface area contributed by atoms with Crippen molar-refractivity contribution < 1.29 is 14.4 Å². The number of benzene rings is 1. The lowest BCUT2D eigenvalue weighted by Crippen LogP contribution is -2.46. The fraction of sp³-hybridized carbons (Fsp3) is 0.480. The van der Waals surface area contributed by atoms with Crippen molar-refractivity contribution in [2.24, 2.45) is 5.41 Å². The minimum Gasteiger partial charge on any atom is -0.354 e. The normalized spacial score (nSPS) is 15.7. The van der Waals surface area contributed by atoms with Crippen LogP contribution in [0, 0.1) is 12.3 Å². The van der Waals surface area contributed by atoms with Crippen LogP contribution < -0.4 is 10.6 Å². The summed E-state index contributed by atoms with van der Waals surface area (Å²) in [6, 6.07) is 6.64. The second kappa shape index (κ2) is 9.90. The van der Waals surface area contributed by atoms with Gasteiger partial charge in [0.1, 0.15) is 11.7 Å². The van der Waals surface area contributed by atoms with Gasteiger partial charge in [-0.25, -0.2) is 0 Å². The van der Waals surface area contributed by atoms with Crippen LogP contribution in [-0.2, 0) is 17.8 Å². The Morgan fingerprint density at radius 3 is 2.69 bits per heavy atom. The number of Topliss-reactive ketones (excluding diaryl/α,β-unsaturated/α-hetero) is 1. The maximum Gasteiger partial charge on any atom is 0.268 e. The second-order valence-electron chi connectivity index (χ2n) is 9.44. The van der Waals surface area contributed by atoms with E-state index >= 15 is 0 Å². The van der Waals surface area contributed by atoms with E-state index < -0.39 is 6.04 Å². The maximum absolute atomic E-state index is 13.1. The van der Waals surface area contributed by atoms with Crippen LogP contribution in [0.3, 0.4) is 0 Å². The van der Waals surface area contributed by atoms with Gasteiger partial charge in [-0.2, -0.15) is 0 Å². The third-order valence-electron chi connectivity index (χ3n) is 5.95. The summed E-state index contributed by atoms with van der Waals surface area (Å²) in [6.07, 6.45) is 3.43. The van der Waals surface area contributed by atoms with Crippen molar-refractivity contribution in [2.45, 2.75) is 72.4 Å². The van der Waals surface area contributed by atoms with Gasteiger partial charge in [-0.1, -0.05) is 57.3 Å². The number of H-pyrrole nitrogens is 1. The van der Waals surface area contributed by atoms with Crippen LogP contribution >= 0.6 is 11.6 Å². The fourth-order valence-corrected chi connectivity index (χ4v) is 4.54. The minimum atomic E-state index is -0.659. The lowest BCUT2D eigenvalue weighted by molar-refractivity contribution is -0.123. The number of rotatable bonds is 8. The Labute approximate surface area is 194 Å². The number of fused-ring (bicyclic) bond motifs is 1. The summed E-state index contributed by atoms with van der Waals surface area (Å²) in [5.74, 6) is -0.537. The molecule has 2 aromatic rings. The quantitative estimate of drug-likeness (QED) is 0.534. The van der Waals surface area contributed by atoms with Crippen LogP contribution in [0.1, 0.15) is 84.1 Å². The molecular weight excluding hydrogens is 426 g/mol. The van der Waals surface area contributed by atoms with E-state index in [0.717, 1.165) is 24.1 Å². The monoisotopic (exact) mass is 457 g/mol. The molecule has 1 aromatic carbocycles. The van der Waals surface area contributed by atoms with E-state index in [1.807, 2.05) is 19.1 Å². The SMILES string of the molecule is CCCCC(NC(=O)c1[nH]c2c(c1C)C(=O)CC(C)(C)C2)C(=O)NCc1cccc(Cl)c1. The van der Waals surface area contributed by atoms with Crippen LogP contribution in [0.4, 0.5) is 0 Å². The predicted molar refractivity (Wildman–Crippen MR) is 126 cm³/mol. The first-order chi connectivity index (χ1) is 15.1. The molecular formula is C25H32ClN3O3. The summed E-state index contributed by atoms with van der Waals surface area (Å²) in [7, 11) is 0.